The molecule has 0 bridgehead atoms. The number of hydrogen-bond donors (Lipinski definition) is 1. The summed E-state index contributed by atoms with van der Waals surface area (Å²) in [6.45, 7) is 1.58. The SMILES string of the molecule is O=C(O)C1CN(Cc2nc(-c3ccccc3)no2)C1. The van der Waals surface area contributed by atoms with E-state index >= 15 is 0 Å². The van der Waals surface area contributed by atoms with Crippen molar-refractivity contribution in [3.63, 3.8) is 0 Å². The Hall–Kier alpha value is -2.21. The normalized spacial score (nSPS) is 16.2. The fraction of sp³-hybridized carbons (Fsp3) is 0.308. The van der Waals surface area contributed by atoms with Gasteiger partial charge in [-0.2, -0.15) is 4.98 Å². The largest absolute Gasteiger partial charge is 0.481 e. The number of carboxylic acid groups (broad SMARTS) is 1. The topological polar surface area (TPSA) is 79.5 Å². The van der Waals surface area contributed by atoms with Gasteiger partial charge in [0, 0.05) is 18.7 Å². The van der Waals surface area contributed by atoms with Crippen LogP contribution < -0.4 is 0 Å². The van der Waals surface area contributed by atoms with Gasteiger partial charge in [-0.25, -0.2) is 0 Å². The zero-order chi connectivity index (χ0) is 13.2. The molecule has 1 aromatic heterocycles. The summed E-state index contributed by atoms with van der Waals surface area (Å²) in [5.74, 6) is 0.0665. The van der Waals surface area contributed by atoms with Crippen molar-refractivity contribution in [3.8, 4) is 11.4 Å². The Bertz CT molecular complexity index is 576. The van der Waals surface area contributed by atoms with Crippen molar-refractivity contribution in [2.75, 3.05) is 13.1 Å². The van der Waals surface area contributed by atoms with Crippen molar-refractivity contribution in [1.29, 1.82) is 0 Å². The number of carbonyl (C=O) groups is 1. The lowest BCUT2D eigenvalue weighted by Crippen LogP contribution is -2.49. The Morgan fingerprint density at radius 1 is 1.37 bits per heavy atom. The first-order chi connectivity index (χ1) is 9.22. The van der Waals surface area contributed by atoms with Crippen molar-refractivity contribution in [2.24, 2.45) is 5.92 Å². The molecule has 0 aliphatic carbocycles. The van der Waals surface area contributed by atoms with E-state index in [4.69, 9.17) is 9.63 Å². The minimum absolute atomic E-state index is 0.267. The summed E-state index contributed by atoms with van der Waals surface area (Å²) in [7, 11) is 0. The first kappa shape index (κ1) is 11.9. The van der Waals surface area contributed by atoms with Crippen molar-refractivity contribution >= 4 is 5.97 Å². The molecule has 3 rings (SSSR count). The molecule has 0 amide bonds. The van der Waals surface area contributed by atoms with Gasteiger partial charge in [0.05, 0.1) is 12.5 Å². The van der Waals surface area contributed by atoms with E-state index in [9.17, 15) is 4.79 Å². The van der Waals surface area contributed by atoms with Gasteiger partial charge in [0.15, 0.2) is 0 Å². The highest BCUT2D eigenvalue weighted by atomic mass is 16.5. The second-order valence-electron chi connectivity index (χ2n) is 4.61. The molecule has 1 N–H and O–H groups in total. The average molecular weight is 259 g/mol. The highest BCUT2D eigenvalue weighted by Crippen LogP contribution is 2.20. The van der Waals surface area contributed by atoms with E-state index < -0.39 is 5.97 Å². The Kier molecular flexibility index (Phi) is 3.00. The van der Waals surface area contributed by atoms with E-state index in [2.05, 4.69) is 10.1 Å². The summed E-state index contributed by atoms with van der Waals surface area (Å²) in [5, 5.41) is 12.7. The van der Waals surface area contributed by atoms with E-state index in [-0.39, 0.29) is 5.92 Å². The molecule has 0 atom stereocenters. The molecule has 0 spiro atoms. The standard InChI is InChI=1S/C13H13N3O3/c17-13(18)10-6-16(7-10)8-11-14-12(15-19-11)9-4-2-1-3-5-9/h1-5,10H,6-8H2,(H,17,18). The molecule has 1 aliphatic heterocycles. The summed E-state index contributed by atoms with van der Waals surface area (Å²) >= 11 is 0. The number of aliphatic carboxylic acids is 1. The minimum Gasteiger partial charge on any atom is -0.481 e. The van der Waals surface area contributed by atoms with Crippen molar-refractivity contribution in [3.05, 3.63) is 36.2 Å². The molecule has 1 saturated heterocycles. The first-order valence-corrected chi connectivity index (χ1v) is 6.05. The van der Waals surface area contributed by atoms with Crippen LogP contribution in [0.2, 0.25) is 0 Å². The van der Waals surface area contributed by atoms with Crippen LogP contribution in [0.1, 0.15) is 5.89 Å². The Morgan fingerprint density at radius 3 is 2.79 bits per heavy atom. The van der Waals surface area contributed by atoms with Gasteiger partial charge in [-0.1, -0.05) is 35.5 Å². The molecule has 6 heteroatoms. The second kappa shape index (κ2) is 4.81. The van der Waals surface area contributed by atoms with Crippen LogP contribution in [-0.2, 0) is 11.3 Å². The molecule has 19 heavy (non-hydrogen) atoms. The van der Waals surface area contributed by atoms with Gasteiger partial charge in [-0.15, -0.1) is 0 Å². The molecule has 0 saturated carbocycles. The maximum atomic E-state index is 10.7. The van der Waals surface area contributed by atoms with E-state index in [1.54, 1.807) is 0 Å². The molecule has 2 aromatic rings. The highest BCUT2D eigenvalue weighted by Gasteiger charge is 2.33. The van der Waals surface area contributed by atoms with E-state index in [1.807, 2.05) is 35.2 Å². The number of aromatic nitrogens is 2. The van der Waals surface area contributed by atoms with Crippen LogP contribution in [0.5, 0.6) is 0 Å². The van der Waals surface area contributed by atoms with Gasteiger partial charge in [0.2, 0.25) is 11.7 Å². The van der Waals surface area contributed by atoms with Crippen LogP contribution in [0, 0.1) is 5.92 Å². The van der Waals surface area contributed by atoms with Gasteiger partial charge in [0.25, 0.3) is 0 Å². The lowest BCUT2D eigenvalue weighted by Gasteiger charge is -2.35. The van der Waals surface area contributed by atoms with E-state index in [0.29, 0.717) is 31.3 Å². The third-order valence-corrected chi connectivity index (χ3v) is 3.17. The van der Waals surface area contributed by atoms with Crippen molar-refractivity contribution in [2.45, 2.75) is 6.54 Å². The fourth-order valence-electron chi connectivity index (χ4n) is 2.07. The number of likely N-dealkylation sites (tertiary alicyclic amines) is 1. The molecule has 0 radical (unpaired) electrons. The van der Waals surface area contributed by atoms with Crippen LogP contribution in [0.4, 0.5) is 0 Å². The van der Waals surface area contributed by atoms with Gasteiger partial charge in [-0.3, -0.25) is 9.69 Å². The molecule has 98 valence electrons. The number of hydrogen-bond acceptors (Lipinski definition) is 5. The zero-order valence-electron chi connectivity index (χ0n) is 10.2. The van der Waals surface area contributed by atoms with Crippen LogP contribution in [-0.4, -0.2) is 39.2 Å². The van der Waals surface area contributed by atoms with Crippen molar-refractivity contribution < 1.29 is 14.4 Å². The third-order valence-electron chi connectivity index (χ3n) is 3.17. The molecule has 1 aliphatic rings. The molecular formula is C13H13N3O3. The summed E-state index contributed by atoms with van der Waals surface area (Å²) in [6.07, 6.45) is 0. The minimum atomic E-state index is -0.744. The van der Waals surface area contributed by atoms with Crippen LogP contribution in [0.3, 0.4) is 0 Å². The predicted octanol–water partition coefficient (Wildman–Crippen LogP) is 1.25. The molecule has 2 heterocycles. The number of rotatable bonds is 4. The second-order valence-corrected chi connectivity index (χ2v) is 4.61. The highest BCUT2D eigenvalue weighted by molar-refractivity contribution is 5.71. The maximum Gasteiger partial charge on any atom is 0.309 e. The Morgan fingerprint density at radius 2 is 2.11 bits per heavy atom. The molecular weight excluding hydrogens is 246 g/mol. The Balaban J connectivity index is 1.62. The van der Waals surface area contributed by atoms with Gasteiger partial charge in [-0.05, 0) is 0 Å². The van der Waals surface area contributed by atoms with Crippen LogP contribution in [0.15, 0.2) is 34.9 Å². The summed E-state index contributed by atoms with van der Waals surface area (Å²) in [6, 6.07) is 9.59. The van der Waals surface area contributed by atoms with Crippen LogP contribution in [0.25, 0.3) is 11.4 Å². The number of benzene rings is 1. The van der Waals surface area contributed by atoms with Gasteiger partial charge < -0.3 is 9.63 Å². The van der Waals surface area contributed by atoms with Gasteiger partial charge in [0.1, 0.15) is 0 Å². The number of carboxylic acids is 1. The maximum absolute atomic E-state index is 10.7. The van der Waals surface area contributed by atoms with Crippen LogP contribution >= 0.6 is 0 Å². The average Bonchev–Trinajstić information content (AvgIpc) is 2.82. The first-order valence-electron chi connectivity index (χ1n) is 6.05. The lowest BCUT2D eigenvalue weighted by molar-refractivity contribution is -0.147. The molecule has 1 fully saturated rings. The Labute approximate surface area is 109 Å². The zero-order valence-corrected chi connectivity index (χ0v) is 10.2. The van der Waals surface area contributed by atoms with E-state index in [0.717, 1.165) is 5.56 Å². The van der Waals surface area contributed by atoms with Crippen molar-refractivity contribution in [1.82, 2.24) is 15.0 Å². The fourth-order valence-corrected chi connectivity index (χ4v) is 2.07. The summed E-state index contributed by atoms with van der Waals surface area (Å²) in [4.78, 5) is 17.0. The summed E-state index contributed by atoms with van der Waals surface area (Å²) in [5.41, 5.74) is 0.907. The molecule has 1 aromatic carbocycles. The lowest BCUT2D eigenvalue weighted by atomic mass is 10.0. The third kappa shape index (κ3) is 2.48. The quantitative estimate of drug-likeness (QED) is 0.890. The predicted molar refractivity (Wildman–Crippen MR) is 66.1 cm³/mol. The number of nitrogens with zero attached hydrogens (tertiary/aromatic N) is 3. The van der Waals surface area contributed by atoms with Gasteiger partial charge >= 0.3 is 5.97 Å². The molecule has 0 unspecified atom stereocenters. The smallest absolute Gasteiger partial charge is 0.309 e. The molecule has 6 nitrogen and oxygen atoms in total. The monoisotopic (exact) mass is 259 g/mol. The van der Waals surface area contributed by atoms with E-state index in [1.165, 1.54) is 0 Å². The summed E-state index contributed by atoms with van der Waals surface area (Å²) < 4.78 is 5.17.